The van der Waals surface area contributed by atoms with Crippen molar-refractivity contribution in [3.8, 4) is 6.07 Å². The summed E-state index contributed by atoms with van der Waals surface area (Å²) in [4.78, 5) is 14.2. The standard InChI is InChI=1S/C14H15N3O/c1-14(2,9-17-13(18)7-15)11-8-16-12-6-4-3-5-10(11)12/h3-6,8,16H,9H2,1-2H3,(H,17,18). The van der Waals surface area contributed by atoms with Crippen LogP contribution in [-0.4, -0.2) is 17.4 Å². The third kappa shape index (κ3) is 2.21. The van der Waals surface area contributed by atoms with Gasteiger partial charge >= 0.3 is 5.91 Å². The number of nitrogens with one attached hydrogen (secondary N) is 2. The van der Waals surface area contributed by atoms with Crippen LogP contribution in [0, 0.1) is 11.3 Å². The highest BCUT2D eigenvalue weighted by Crippen LogP contribution is 2.29. The Morgan fingerprint density at radius 1 is 1.44 bits per heavy atom. The Morgan fingerprint density at radius 2 is 2.17 bits per heavy atom. The quantitative estimate of drug-likeness (QED) is 0.808. The Hall–Kier alpha value is -2.28. The van der Waals surface area contributed by atoms with Crippen molar-refractivity contribution < 1.29 is 4.79 Å². The van der Waals surface area contributed by atoms with Gasteiger partial charge in [0.25, 0.3) is 0 Å². The molecule has 0 spiro atoms. The van der Waals surface area contributed by atoms with E-state index < -0.39 is 5.91 Å². The largest absolute Gasteiger partial charge is 0.361 e. The molecule has 0 unspecified atom stereocenters. The van der Waals surface area contributed by atoms with Gasteiger partial charge in [-0.2, -0.15) is 5.26 Å². The number of para-hydroxylation sites is 1. The summed E-state index contributed by atoms with van der Waals surface area (Å²) in [7, 11) is 0. The summed E-state index contributed by atoms with van der Waals surface area (Å²) in [5.41, 5.74) is 1.98. The number of aromatic nitrogens is 1. The van der Waals surface area contributed by atoms with Gasteiger partial charge in [0, 0.05) is 29.1 Å². The predicted octanol–water partition coefficient (Wildman–Crippen LogP) is 2.09. The van der Waals surface area contributed by atoms with Crippen molar-refractivity contribution in [2.75, 3.05) is 6.54 Å². The number of nitriles is 1. The SMILES string of the molecule is CC(C)(CNC(=O)C#N)c1c[nH]c2ccccc12. The van der Waals surface area contributed by atoms with E-state index >= 15 is 0 Å². The van der Waals surface area contributed by atoms with Gasteiger partial charge in [0.2, 0.25) is 0 Å². The number of hydrogen-bond acceptors (Lipinski definition) is 2. The molecule has 0 radical (unpaired) electrons. The molecule has 0 aliphatic heterocycles. The fourth-order valence-corrected chi connectivity index (χ4v) is 2.07. The molecule has 92 valence electrons. The number of carbonyl (C=O) groups is 1. The summed E-state index contributed by atoms with van der Waals surface area (Å²) in [6, 6.07) is 9.60. The van der Waals surface area contributed by atoms with Crippen molar-refractivity contribution in [1.82, 2.24) is 10.3 Å². The third-order valence-corrected chi connectivity index (χ3v) is 3.11. The zero-order valence-corrected chi connectivity index (χ0v) is 10.4. The highest BCUT2D eigenvalue weighted by Gasteiger charge is 2.24. The summed E-state index contributed by atoms with van der Waals surface area (Å²) >= 11 is 0. The topological polar surface area (TPSA) is 68.7 Å². The molecule has 0 fully saturated rings. The van der Waals surface area contributed by atoms with Crippen LogP contribution in [0.4, 0.5) is 0 Å². The maximum Gasteiger partial charge on any atom is 0.322 e. The van der Waals surface area contributed by atoms with Crippen LogP contribution < -0.4 is 5.32 Å². The van der Waals surface area contributed by atoms with E-state index in [2.05, 4.69) is 16.4 Å². The minimum Gasteiger partial charge on any atom is -0.361 e. The number of fused-ring (bicyclic) bond motifs is 1. The smallest absolute Gasteiger partial charge is 0.322 e. The van der Waals surface area contributed by atoms with E-state index in [1.54, 1.807) is 6.07 Å². The molecule has 0 aliphatic carbocycles. The summed E-state index contributed by atoms with van der Waals surface area (Å²) < 4.78 is 0. The van der Waals surface area contributed by atoms with Gasteiger partial charge in [0.15, 0.2) is 6.07 Å². The molecule has 0 bridgehead atoms. The molecule has 0 atom stereocenters. The molecule has 4 heteroatoms. The molecule has 1 aromatic carbocycles. The molecule has 2 aromatic rings. The third-order valence-electron chi connectivity index (χ3n) is 3.11. The van der Waals surface area contributed by atoms with Gasteiger partial charge in [0.05, 0.1) is 0 Å². The number of carbonyl (C=O) groups excluding carboxylic acids is 1. The first-order valence-electron chi connectivity index (χ1n) is 5.79. The molecule has 1 amide bonds. The van der Waals surface area contributed by atoms with E-state index in [4.69, 9.17) is 5.26 Å². The lowest BCUT2D eigenvalue weighted by molar-refractivity contribution is -0.116. The van der Waals surface area contributed by atoms with Gasteiger partial charge in [0.1, 0.15) is 0 Å². The van der Waals surface area contributed by atoms with E-state index in [9.17, 15) is 4.79 Å². The minimum atomic E-state index is -0.595. The van der Waals surface area contributed by atoms with Crippen LogP contribution in [0.2, 0.25) is 0 Å². The Balaban J connectivity index is 2.29. The van der Waals surface area contributed by atoms with Crippen LogP contribution in [0.1, 0.15) is 19.4 Å². The van der Waals surface area contributed by atoms with E-state index in [1.165, 1.54) is 0 Å². The van der Waals surface area contributed by atoms with Crippen molar-refractivity contribution in [3.05, 3.63) is 36.0 Å². The number of aromatic amines is 1. The molecule has 2 N–H and O–H groups in total. The second-order valence-electron chi connectivity index (χ2n) is 4.93. The fraction of sp³-hybridized carbons (Fsp3) is 0.286. The molecule has 18 heavy (non-hydrogen) atoms. The molecular weight excluding hydrogens is 226 g/mol. The lowest BCUT2D eigenvalue weighted by Crippen LogP contribution is -2.35. The molecule has 1 aromatic heterocycles. The average molecular weight is 241 g/mol. The molecule has 0 saturated heterocycles. The zero-order valence-electron chi connectivity index (χ0n) is 10.4. The van der Waals surface area contributed by atoms with E-state index in [1.807, 2.05) is 38.2 Å². The Morgan fingerprint density at radius 3 is 2.89 bits per heavy atom. The van der Waals surface area contributed by atoms with E-state index in [-0.39, 0.29) is 5.41 Å². The molecular formula is C14H15N3O. The van der Waals surface area contributed by atoms with Crippen molar-refractivity contribution >= 4 is 16.8 Å². The van der Waals surface area contributed by atoms with Crippen molar-refractivity contribution in [2.24, 2.45) is 0 Å². The van der Waals surface area contributed by atoms with Crippen molar-refractivity contribution in [1.29, 1.82) is 5.26 Å². The number of rotatable bonds is 3. The number of amides is 1. The first kappa shape index (κ1) is 12.2. The van der Waals surface area contributed by atoms with Gasteiger partial charge in [-0.15, -0.1) is 0 Å². The molecule has 1 heterocycles. The number of benzene rings is 1. The fourth-order valence-electron chi connectivity index (χ4n) is 2.07. The van der Waals surface area contributed by atoms with Crippen LogP contribution in [0.3, 0.4) is 0 Å². The van der Waals surface area contributed by atoms with Gasteiger partial charge in [-0.1, -0.05) is 32.0 Å². The first-order chi connectivity index (χ1) is 8.54. The normalized spacial score (nSPS) is 11.2. The number of nitrogens with zero attached hydrogens (tertiary/aromatic N) is 1. The highest BCUT2D eigenvalue weighted by atomic mass is 16.1. The summed E-state index contributed by atoms with van der Waals surface area (Å²) in [6.45, 7) is 4.52. The average Bonchev–Trinajstić information content (AvgIpc) is 2.80. The monoisotopic (exact) mass is 241 g/mol. The molecule has 0 aliphatic rings. The molecule has 0 saturated carbocycles. The summed E-state index contributed by atoms with van der Waals surface area (Å²) in [5, 5.41) is 12.2. The van der Waals surface area contributed by atoms with Gasteiger partial charge in [-0.3, -0.25) is 4.79 Å². The molecule has 2 rings (SSSR count). The maximum atomic E-state index is 11.0. The van der Waals surface area contributed by atoms with Crippen LogP contribution in [-0.2, 0) is 10.2 Å². The van der Waals surface area contributed by atoms with Gasteiger partial charge in [-0.05, 0) is 11.6 Å². The Kier molecular flexibility index (Phi) is 3.07. The first-order valence-corrected chi connectivity index (χ1v) is 5.79. The number of hydrogen-bond donors (Lipinski definition) is 2. The summed E-state index contributed by atoms with van der Waals surface area (Å²) in [5.74, 6) is -0.595. The lowest BCUT2D eigenvalue weighted by atomic mass is 9.84. The lowest BCUT2D eigenvalue weighted by Gasteiger charge is -2.24. The highest BCUT2D eigenvalue weighted by molar-refractivity contribution is 5.91. The van der Waals surface area contributed by atoms with Crippen LogP contribution >= 0.6 is 0 Å². The van der Waals surface area contributed by atoms with E-state index in [0.29, 0.717) is 6.54 Å². The van der Waals surface area contributed by atoms with Crippen LogP contribution in [0.25, 0.3) is 10.9 Å². The van der Waals surface area contributed by atoms with E-state index in [0.717, 1.165) is 16.5 Å². The van der Waals surface area contributed by atoms with Gasteiger partial charge in [-0.25, -0.2) is 0 Å². The zero-order chi connectivity index (χ0) is 13.2. The minimum absolute atomic E-state index is 0.230. The Labute approximate surface area is 106 Å². The number of H-pyrrole nitrogens is 1. The maximum absolute atomic E-state index is 11.0. The second kappa shape index (κ2) is 4.53. The summed E-state index contributed by atoms with van der Waals surface area (Å²) in [6.07, 6.45) is 1.96. The van der Waals surface area contributed by atoms with Crippen molar-refractivity contribution in [2.45, 2.75) is 19.3 Å². The molecule has 4 nitrogen and oxygen atoms in total. The Bertz CT molecular complexity index is 619. The van der Waals surface area contributed by atoms with Crippen LogP contribution in [0.15, 0.2) is 30.5 Å². The predicted molar refractivity (Wildman–Crippen MR) is 69.9 cm³/mol. The van der Waals surface area contributed by atoms with Gasteiger partial charge < -0.3 is 10.3 Å². The second-order valence-corrected chi connectivity index (χ2v) is 4.93. The van der Waals surface area contributed by atoms with Crippen LogP contribution in [0.5, 0.6) is 0 Å². The van der Waals surface area contributed by atoms with Crippen molar-refractivity contribution in [3.63, 3.8) is 0 Å².